The molecular formula is C8H7ClN4O2S. The van der Waals surface area contributed by atoms with Crippen LogP contribution in [-0.4, -0.2) is 33.1 Å². The average molecular weight is 259 g/mol. The van der Waals surface area contributed by atoms with Gasteiger partial charge < -0.3 is 10.6 Å². The van der Waals surface area contributed by atoms with Crippen LogP contribution in [0.15, 0.2) is 12.1 Å². The molecule has 2 rings (SSSR count). The van der Waals surface area contributed by atoms with Crippen molar-refractivity contribution in [3.8, 4) is 0 Å². The lowest BCUT2D eigenvalue weighted by Crippen LogP contribution is -2.38. The Hall–Kier alpha value is -1.34. The second kappa shape index (κ2) is 4.67. The Morgan fingerprint density at radius 3 is 2.94 bits per heavy atom. The van der Waals surface area contributed by atoms with Crippen molar-refractivity contribution in [2.24, 2.45) is 0 Å². The number of nitrogens with zero attached hydrogens (tertiary/aromatic N) is 2. The lowest BCUT2D eigenvalue weighted by atomic mass is 10.3. The third-order valence-electron chi connectivity index (χ3n) is 1.87. The SMILES string of the molecule is O=C1NC(C(=O)Nc2ccc(Cl)nn2)CS1. The molecular weight excluding hydrogens is 252 g/mol. The first-order chi connectivity index (χ1) is 7.65. The quantitative estimate of drug-likeness (QED) is 0.823. The molecule has 0 saturated carbocycles. The maximum atomic E-state index is 11.6. The van der Waals surface area contributed by atoms with E-state index in [1.807, 2.05) is 0 Å². The normalized spacial score (nSPS) is 19.3. The van der Waals surface area contributed by atoms with E-state index in [1.54, 1.807) is 0 Å². The number of thioether (sulfide) groups is 1. The predicted octanol–water partition coefficient (Wildman–Crippen LogP) is 0.893. The Labute approximate surface area is 100 Å². The number of carbonyl (C=O) groups excluding carboxylic acids is 2. The number of amides is 2. The Morgan fingerprint density at radius 1 is 1.56 bits per heavy atom. The van der Waals surface area contributed by atoms with Gasteiger partial charge in [-0.3, -0.25) is 9.59 Å². The molecule has 1 unspecified atom stereocenters. The molecule has 0 aromatic carbocycles. The summed E-state index contributed by atoms with van der Waals surface area (Å²) in [6.07, 6.45) is 0. The number of anilines is 1. The standard InChI is InChI=1S/C8H7ClN4O2S/c9-5-1-2-6(13-12-5)11-7(14)4-3-16-8(15)10-4/h1-2,4H,3H2,(H,10,15)(H,11,13,14). The number of hydrogen-bond acceptors (Lipinski definition) is 5. The van der Waals surface area contributed by atoms with Gasteiger partial charge in [-0.05, 0) is 12.1 Å². The number of carbonyl (C=O) groups is 2. The van der Waals surface area contributed by atoms with Crippen molar-refractivity contribution in [1.29, 1.82) is 0 Å². The minimum atomic E-state index is -0.519. The largest absolute Gasteiger partial charge is 0.334 e. The Morgan fingerprint density at radius 2 is 2.38 bits per heavy atom. The molecule has 0 spiro atoms. The van der Waals surface area contributed by atoms with Crippen molar-refractivity contribution in [1.82, 2.24) is 15.5 Å². The van der Waals surface area contributed by atoms with Crippen LogP contribution in [0.5, 0.6) is 0 Å². The first-order valence-electron chi connectivity index (χ1n) is 4.38. The van der Waals surface area contributed by atoms with Crippen LogP contribution in [0.1, 0.15) is 0 Å². The summed E-state index contributed by atoms with van der Waals surface area (Å²) in [6.45, 7) is 0. The highest BCUT2D eigenvalue weighted by Crippen LogP contribution is 2.14. The van der Waals surface area contributed by atoms with Gasteiger partial charge in [-0.2, -0.15) is 0 Å². The molecule has 0 bridgehead atoms. The Balaban J connectivity index is 1.97. The van der Waals surface area contributed by atoms with Gasteiger partial charge in [0.05, 0.1) is 0 Å². The summed E-state index contributed by atoms with van der Waals surface area (Å²) in [6, 6.07) is 2.54. The minimum absolute atomic E-state index is 0.192. The molecule has 1 aromatic rings. The molecule has 6 nitrogen and oxygen atoms in total. The van der Waals surface area contributed by atoms with Crippen LogP contribution in [0.3, 0.4) is 0 Å². The zero-order valence-electron chi connectivity index (χ0n) is 7.94. The van der Waals surface area contributed by atoms with Gasteiger partial charge in [0, 0.05) is 5.75 Å². The van der Waals surface area contributed by atoms with Crippen LogP contribution >= 0.6 is 23.4 Å². The first-order valence-corrected chi connectivity index (χ1v) is 5.75. The molecule has 1 aliphatic rings. The second-order valence-electron chi connectivity index (χ2n) is 3.03. The van der Waals surface area contributed by atoms with E-state index in [4.69, 9.17) is 11.6 Å². The maximum absolute atomic E-state index is 11.6. The molecule has 1 atom stereocenters. The van der Waals surface area contributed by atoms with Gasteiger partial charge >= 0.3 is 0 Å². The molecule has 84 valence electrons. The van der Waals surface area contributed by atoms with Crippen LogP contribution in [0.25, 0.3) is 0 Å². The van der Waals surface area contributed by atoms with Crippen LogP contribution < -0.4 is 10.6 Å². The summed E-state index contributed by atoms with van der Waals surface area (Å²) in [5.41, 5.74) is 0. The van der Waals surface area contributed by atoms with Gasteiger partial charge in [0.25, 0.3) is 5.24 Å². The average Bonchev–Trinajstić information content (AvgIpc) is 2.68. The van der Waals surface area contributed by atoms with Crippen LogP contribution in [0.2, 0.25) is 5.15 Å². The minimum Gasteiger partial charge on any atom is -0.334 e. The van der Waals surface area contributed by atoms with Gasteiger partial charge in [-0.25, -0.2) is 0 Å². The summed E-state index contributed by atoms with van der Waals surface area (Å²) in [4.78, 5) is 22.5. The summed E-state index contributed by atoms with van der Waals surface area (Å²) in [7, 11) is 0. The van der Waals surface area contributed by atoms with Gasteiger partial charge in [0.2, 0.25) is 5.91 Å². The fourth-order valence-corrected chi connectivity index (χ4v) is 2.00. The number of aromatic nitrogens is 2. The van der Waals surface area contributed by atoms with Gasteiger partial charge in [0.1, 0.15) is 6.04 Å². The summed E-state index contributed by atoms with van der Waals surface area (Å²) in [5, 5.41) is 12.4. The van der Waals surface area contributed by atoms with Gasteiger partial charge in [-0.1, -0.05) is 23.4 Å². The molecule has 0 radical (unpaired) electrons. The van der Waals surface area contributed by atoms with Crippen molar-refractivity contribution < 1.29 is 9.59 Å². The topological polar surface area (TPSA) is 84.0 Å². The second-order valence-corrected chi connectivity index (χ2v) is 4.41. The molecule has 2 N–H and O–H groups in total. The smallest absolute Gasteiger partial charge is 0.279 e. The highest BCUT2D eigenvalue weighted by Gasteiger charge is 2.28. The summed E-state index contributed by atoms with van der Waals surface area (Å²) in [5.74, 6) is 0.418. The van der Waals surface area contributed by atoms with Crippen molar-refractivity contribution in [2.45, 2.75) is 6.04 Å². The Kier molecular flexibility index (Phi) is 3.25. The molecule has 16 heavy (non-hydrogen) atoms. The third kappa shape index (κ3) is 2.61. The van der Waals surface area contributed by atoms with E-state index >= 15 is 0 Å². The van der Waals surface area contributed by atoms with E-state index in [9.17, 15) is 9.59 Å². The maximum Gasteiger partial charge on any atom is 0.279 e. The number of rotatable bonds is 2. The van der Waals surface area contributed by atoms with Gasteiger partial charge in [-0.15, -0.1) is 10.2 Å². The third-order valence-corrected chi connectivity index (χ3v) is 2.95. The fraction of sp³-hybridized carbons (Fsp3) is 0.250. The molecule has 2 amide bonds. The van der Waals surface area contributed by atoms with E-state index in [0.717, 1.165) is 11.8 Å². The molecule has 1 aromatic heterocycles. The van der Waals surface area contributed by atoms with E-state index in [-0.39, 0.29) is 16.3 Å². The number of hydrogen-bond donors (Lipinski definition) is 2. The Bertz CT molecular complexity index is 425. The molecule has 1 fully saturated rings. The zero-order chi connectivity index (χ0) is 11.5. The number of halogens is 1. The fourth-order valence-electron chi connectivity index (χ4n) is 1.12. The summed E-state index contributed by atoms with van der Waals surface area (Å²) < 4.78 is 0. The summed E-state index contributed by atoms with van der Waals surface area (Å²) >= 11 is 6.63. The molecule has 8 heteroatoms. The highest BCUT2D eigenvalue weighted by atomic mass is 35.5. The van der Waals surface area contributed by atoms with E-state index < -0.39 is 6.04 Å². The van der Waals surface area contributed by atoms with Crippen LogP contribution in [-0.2, 0) is 4.79 Å². The highest BCUT2D eigenvalue weighted by molar-refractivity contribution is 8.14. The predicted molar refractivity (Wildman–Crippen MR) is 60.4 cm³/mol. The monoisotopic (exact) mass is 258 g/mol. The number of nitrogens with one attached hydrogen (secondary N) is 2. The van der Waals surface area contributed by atoms with Crippen molar-refractivity contribution >= 4 is 40.3 Å². The van der Waals surface area contributed by atoms with E-state index in [0.29, 0.717) is 11.6 Å². The molecule has 1 aliphatic heterocycles. The lowest BCUT2D eigenvalue weighted by Gasteiger charge is -2.08. The van der Waals surface area contributed by atoms with Crippen molar-refractivity contribution in [3.63, 3.8) is 0 Å². The first kappa shape index (κ1) is 11.2. The van der Waals surface area contributed by atoms with Crippen molar-refractivity contribution in [2.75, 3.05) is 11.1 Å². The molecule has 0 aliphatic carbocycles. The van der Waals surface area contributed by atoms with Gasteiger partial charge in [0.15, 0.2) is 11.0 Å². The molecule has 2 heterocycles. The van der Waals surface area contributed by atoms with Crippen molar-refractivity contribution in [3.05, 3.63) is 17.3 Å². The van der Waals surface area contributed by atoms with Crippen LogP contribution in [0, 0.1) is 0 Å². The van der Waals surface area contributed by atoms with E-state index in [2.05, 4.69) is 20.8 Å². The van der Waals surface area contributed by atoms with Crippen LogP contribution in [0.4, 0.5) is 10.6 Å². The molecule has 1 saturated heterocycles. The zero-order valence-corrected chi connectivity index (χ0v) is 9.51. The lowest BCUT2D eigenvalue weighted by molar-refractivity contribution is -0.117. The van der Waals surface area contributed by atoms with E-state index in [1.165, 1.54) is 12.1 Å².